The predicted molar refractivity (Wildman–Crippen MR) is 158 cm³/mol. The number of ether oxygens (including phenoxy) is 4. The molecule has 0 bridgehead atoms. The summed E-state index contributed by atoms with van der Waals surface area (Å²) in [6.45, 7) is 9.34. The Morgan fingerprint density at radius 3 is 1.24 bits per heavy atom. The number of hydrogen-bond acceptors (Lipinski definition) is 10. The summed E-state index contributed by atoms with van der Waals surface area (Å²) in [5.41, 5.74) is 2.50. The summed E-state index contributed by atoms with van der Waals surface area (Å²) in [5, 5.41) is 6.29. The first kappa shape index (κ1) is 31.2. The van der Waals surface area contributed by atoms with Gasteiger partial charge >= 0.3 is 23.9 Å². The van der Waals surface area contributed by atoms with Crippen molar-refractivity contribution in [3.8, 4) is 0 Å². The van der Waals surface area contributed by atoms with E-state index in [1.165, 1.54) is 26.0 Å². The molecule has 0 aromatic heterocycles. The second-order valence-corrected chi connectivity index (χ2v) is 9.03. The van der Waals surface area contributed by atoms with Crippen molar-refractivity contribution >= 4 is 46.6 Å². The minimum Gasteiger partial charge on any atom is -0.459 e. The fraction of sp³-hybridized carbons (Fsp3) is 0.188. The molecule has 0 spiro atoms. The minimum absolute atomic E-state index is 0.107. The molecule has 42 heavy (non-hydrogen) atoms. The van der Waals surface area contributed by atoms with Crippen molar-refractivity contribution < 1.29 is 38.1 Å². The Bertz CT molecular complexity index is 1340. The fourth-order valence-electron chi connectivity index (χ4n) is 3.44. The van der Waals surface area contributed by atoms with E-state index >= 15 is 0 Å². The number of hydrogen-bond donors (Lipinski definition) is 2. The van der Waals surface area contributed by atoms with Crippen LogP contribution in [0.2, 0.25) is 0 Å². The van der Waals surface area contributed by atoms with E-state index in [2.05, 4.69) is 23.8 Å². The van der Waals surface area contributed by atoms with Crippen LogP contribution < -0.4 is 10.6 Å². The summed E-state index contributed by atoms with van der Waals surface area (Å²) in [4.78, 5) is 49.7. The minimum atomic E-state index is -0.720. The highest BCUT2D eigenvalue weighted by molar-refractivity contribution is 6.04. The largest absolute Gasteiger partial charge is 0.459 e. The Kier molecular flexibility index (Phi) is 11.4. The molecular formula is C32H32N2O8. The Balaban J connectivity index is 1.92. The number of anilines is 4. The first-order chi connectivity index (χ1) is 20.2. The first-order valence-corrected chi connectivity index (χ1v) is 13.0. The molecule has 3 aromatic carbocycles. The zero-order valence-electron chi connectivity index (χ0n) is 23.4. The van der Waals surface area contributed by atoms with Crippen LogP contribution >= 0.6 is 0 Å². The van der Waals surface area contributed by atoms with Crippen LogP contribution in [0.4, 0.5) is 22.7 Å². The molecule has 0 unspecified atom stereocenters. The lowest BCUT2D eigenvalue weighted by atomic mass is 10.0. The van der Waals surface area contributed by atoms with Gasteiger partial charge in [-0.05, 0) is 50.2 Å². The third-order valence-corrected chi connectivity index (χ3v) is 5.50. The average molecular weight is 573 g/mol. The highest BCUT2D eigenvalue weighted by atomic mass is 16.6. The van der Waals surface area contributed by atoms with Crippen LogP contribution in [-0.2, 0) is 28.5 Å². The molecule has 0 heterocycles. The molecular weight excluding hydrogens is 540 g/mol. The van der Waals surface area contributed by atoms with Crippen LogP contribution in [0, 0.1) is 0 Å². The van der Waals surface area contributed by atoms with Gasteiger partial charge in [0.1, 0.15) is 26.4 Å². The molecule has 0 fully saturated rings. The molecule has 10 nitrogen and oxygen atoms in total. The summed E-state index contributed by atoms with van der Waals surface area (Å²) in [5.74, 6) is -2.63. The Labute approximate surface area is 243 Å². The van der Waals surface area contributed by atoms with Gasteiger partial charge in [0.05, 0.1) is 22.5 Å². The summed E-state index contributed by atoms with van der Waals surface area (Å²) < 4.78 is 20.8. The normalized spacial score (nSPS) is 10.1. The van der Waals surface area contributed by atoms with Gasteiger partial charge in [0.2, 0.25) is 0 Å². The van der Waals surface area contributed by atoms with E-state index in [1.54, 1.807) is 24.3 Å². The van der Waals surface area contributed by atoms with E-state index < -0.39 is 23.9 Å². The highest BCUT2D eigenvalue weighted by Crippen LogP contribution is 2.31. The van der Waals surface area contributed by atoms with Crippen molar-refractivity contribution in [1.29, 1.82) is 0 Å². The smallest absolute Gasteiger partial charge is 0.340 e. The first-order valence-electron chi connectivity index (χ1n) is 13.0. The van der Waals surface area contributed by atoms with E-state index in [1.807, 2.05) is 36.4 Å². The standard InChI is InChI=1S/C32H32N2O8/c1-21(2)29(35)39-15-17-41-31(37)25-19-28(34-24-13-9-6-10-14-24)26(20-27(25)33-23-11-7-5-8-12-23)32(38)42-18-16-40-30(36)22(3)4/h5-14,19-20,33-34H,1,3,15-18H2,2,4H3. The van der Waals surface area contributed by atoms with Crippen molar-refractivity contribution in [3.05, 3.63) is 108 Å². The number of carbonyl (C=O) groups is 4. The molecule has 3 rings (SSSR count). The molecule has 0 radical (unpaired) electrons. The van der Waals surface area contributed by atoms with Crippen molar-refractivity contribution in [1.82, 2.24) is 0 Å². The summed E-state index contributed by atoms with van der Waals surface area (Å²) in [6, 6.07) is 21.0. The zero-order valence-corrected chi connectivity index (χ0v) is 23.4. The van der Waals surface area contributed by atoms with Crippen LogP contribution in [0.15, 0.2) is 97.1 Å². The van der Waals surface area contributed by atoms with Crippen LogP contribution in [0.1, 0.15) is 34.6 Å². The van der Waals surface area contributed by atoms with Gasteiger partial charge in [-0.2, -0.15) is 0 Å². The zero-order chi connectivity index (χ0) is 30.5. The predicted octanol–water partition coefficient (Wildman–Crippen LogP) is 5.73. The highest BCUT2D eigenvalue weighted by Gasteiger charge is 2.22. The number of esters is 4. The maximum atomic E-state index is 13.2. The van der Waals surface area contributed by atoms with Gasteiger partial charge in [0.15, 0.2) is 0 Å². The van der Waals surface area contributed by atoms with Crippen LogP contribution in [0.3, 0.4) is 0 Å². The monoisotopic (exact) mass is 572 g/mol. The van der Waals surface area contributed by atoms with E-state index in [0.29, 0.717) is 11.4 Å². The second kappa shape index (κ2) is 15.4. The van der Waals surface area contributed by atoms with Crippen LogP contribution in [0.5, 0.6) is 0 Å². The molecule has 0 saturated heterocycles. The molecule has 0 aliphatic heterocycles. The molecule has 10 heteroatoms. The van der Waals surface area contributed by atoms with Crippen LogP contribution in [0.25, 0.3) is 0 Å². The maximum absolute atomic E-state index is 13.2. The average Bonchev–Trinajstić information content (AvgIpc) is 2.98. The van der Waals surface area contributed by atoms with E-state index in [0.717, 1.165) is 0 Å². The summed E-state index contributed by atoms with van der Waals surface area (Å²) in [6.07, 6.45) is 0. The topological polar surface area (TPSA) is 129 Å². The number of rotatable bonds is 14. The fourth-order valence-corrected chi connectivity index (χ4v) is 3.44. The summed E-state index contributed by atoms with van der Waals surface area (Å²) in [7, 11) is 0. The third kappa shape index (κ3) is 9.37. The van der Waals surface area contributed by atoms with Crippen molar-refractivity contribution in [3.63, 3.8) is 0 Å². The molecule has 0 amide bonds. The number of benzene rings is 3. The van der Waals surface area contributed by atoms with Crippen molar-refractivity contribution in [2.24, 2.45) is 0 Å². The van der Waals surface area contributed by atoms with Crippen LogP contribution in [-0.4, -0.2) is 50.3 Å². The van der Waals surface area contributed by atoms with E-state index in [4.69, 9.17) is 18.9 Å². The Morgan fingerprint density at radius 1 is 0.571 bits per heavy atom. The van der Waals surface area contributed by atoms with Gasteiger partial charge in [0, 0.05) is 22.5 Å². The molecule has 0 atom stereocenters. The third-order valence-electron chi connectivity index (χ3n) is 5.50. The van der Waals surface area contributed by atoms with Gasteiger partial charge in [0.25, 0.3) is 0 Å². The lowest BCUT2D eigenvalue weighted by molar-refractivity contribution is -0.140. The van der Waals surface area contributed by atoms with Gasteiger partial charge < -0.3 is 29.6 Å². The second-order valence-electron chi connectivity index (χ2n) is 9.03. The van der Waals surface area contributed by atoms with Gasteiger partial charge in [-0.1, -0.05) is 49.6 Å². The number of para-hydroxylation sites is 2. The Hall–Kier alpha value is -5.38. The van der Waals surface area contributed by atoms with E-state index in [9.17, 15) is 19.2 Å². The molecule has 2 N–H and O–H groups in total. The SMILES string of the molecule is C=C(C)C(=O)OCCOC(=O)c1cc(Nc2ccccc2)c(C(=O)OCCOC(=O)C(=C)C)cc1Nc1ccccc1. The molecule has 218 valence electrons. The molecule has 0 aliphatic carbocycles. The lowest BCUT2D eigenvalue weighted by Gasteiger charge is -2.18. The van der Waals surface area contributed by atoms with Gasteiger partial charge in [-0.25, -0.2) is 19.2 Å². The number of nitrogens with one attached hydrogen (secondary N) is 2. The molecule has 0 aliphatic rings. The number of carbonyl (C=O) groups excluding carboxylic acids is 4. The summed E-state index contributed by atoms with van der Waals surface area (Å²) >= 11 is 0. The lowest BCUT2D eigenvalue weighted by Crippen LogP contribution is -2.17. The van der Waals surface area contributed by atoms with E-state index in [-0.39, 0.29) is 60.1 Å². The van der Waals surface area contributed by atoms with Crippen molar-refractivity contribution in [2.45, 2.75) is 13.8 Å². The van der Waals surface area contributed by atoms with Gasteiger partial charge in [-0.3, -0.25) is 0 Å². The molecule has 0 saturated carbocycles. The van der Waals surface area contributed by atoms with Gasteiger partial charge in [-0.15, -0.1) is 0 Å². The van der Waals surface area contributed by atoms with Crippen molar-refractivity contribution in [2.75, 3.05) is 37.1 Å². The molecule has 3 aromatic rings. The maximum Gasteiger partial charge on any atom is 0.340 e. The quantitative estimate of drug-likeness (QED) is 0.107. The Morgan fingerprint density at radius 2 is 0.905 bits per heavy atom.